The maximum Gasteiger partial charge on any atom is 0.244 e. The fourth-order valence-corrected chi connectivity index (χ4v) is 5.31. The molecule has 2 atom stereocenters. The molecular formula is C21H23F2N3O4S. The molecule has 1 heterocycles. The van der Waals surface area contributed by atoms with E-state index in [4.69, 9.17) is 5.73 Å². The SMILES string of the molecule is CN(C(=O)C1CCCN(S(=O)(=O)c2ccc(F)cc2)C1)C(C(N)=O)c1cccc(F)c1. The van der Waals surface area contributed by atoms with Crippen LogP contribution in [0.3, 0.4) is 0 Å². The van der Waals surface area contributed by atoms with E-state index < -0.39 is 45.4 Å². The van der Waals surface area contributed by atoms with E-state index in [-0.39, 0.29) is 23.5 Å². The highest BCUT2D eigenvalue weighted by Crippen LogP contribution is 2.28. The Kier molecular flexibility index (Phi) is 6.71. The summed E-state index contributed by atoms with van der Waals surface area (Å²) in [5.41, 5.74) is 5.71. The zero-order chi connectivity index (χ0) is 22.8. The second kappa shape index (κ2) is 9.11. The molecule has 31 heavy (non-hydrogen) atoms. The van der Waals surface area contributed by atoms with Crippen LogP contribution in [0.4, 0.5) is 8.78 Å². The van der Waals surface area contributed by atoms with Crippen molar-refractivity contribution in [2.45, 2.75) is 23.8 Å². The summed E-state index contributed by atoms with van der Waals surface area (Å²) in [6.07, 6.45) is 0.860. The molecule has 2 aromatic carbocycles. The van der Waals surface area contributed by atoms with Gasteiger partial charge in [0.15, 0.2) is 0 Å². The van der Waals surface area contributed by atoms with Gasteiger partial charge in [-0.1, -0.05) is 12.1 Å². The van der Waals surface area contributed by atoms with Crippen molar-refractivity contribution < 1.29 is 26.8 Å². The van der Waals surface area contributed by atoms with Crippen LogP contribution in [0.25, 0.3) is 0 Å². The minimum Gasteiger partial charge on any atom is -0.368 e. The Morgan fingerprint density at radius 1 is 1.13 bits per heavy atom. The van der Waals surface area contributed by atoms with Crippen molar-refractivity contribution in [3.05, 3.63) is 65.7 Å². The monoisotopic (exact) mass is 451 g/mol. The topological polar surface area (TPSA) is 101 Å². The summed E-state index contributed by atoms with van der Waals surface area (Å²) in [7, 11) is -2.53. The van der Waals surface area contributed by atoms with Crippen LogP contribution in [0.5, 0.6) is 0 Å². The largest absolute Gasteiger partial charge is 0.368 e. The summed E-state index contributed by atoms with van der Waals surface area (Å²) in [5.74, 6) is -3.12. The Bertz CT molecular complexity index is 1080. The predicted molar refractivity (Wildman–Crippen MR) is 109 cm³/mol. The molecule has 0 radical (unpaired) electrons. The number of nitrogens with zero attached hydrogens (tertiary/aromatic N) is 2. The molecule has 3 rings (SSSR count). The summed E-state index contributed by atoms with van der Waals surface area (Å²) >= 11 is 0. The molecule has 2 aromatic rings. The van der Waals surface area contributed by atoms with Gasteiger partial charge < -0.3 is 10.6 Å². The second-order valence-electron chi connectivity index (χ2n) is 7.47. The average molecular weight is 451 g/mol. The number of carbonyl (C=O) groups excluding carboxylic acids is 2. The first kappa shape index (κ1) is 22.8. The Hall–Kier alpha value is -2.85. The minimum absolute atomic E-state index is 0.0647. The molecule has 1 aliphatic rings. The van der Waals surface area contributed by atoms with Crippen molar-refractivity contribution in [2.24, 2.45) is 11.7 Å². The molecule has 1 aliphatic heterocycles. The normalized spacial score (nSPS) is 18.4. The summed E-state index contributed by atoms with van der Waals surface area (Å²) in [6, 6.07) is 8.53. The third-order valence-electron chi connectivity index (χ3n) is 5.35. The zero-order valence-electron chi connectivity index (χ0n) is 16.9. The zero-order valence-corrected chi connectivity index (χ0v) is 17.7. The quantitative estimate of drug-likeness (QED) is 0.726. The standard InChI is InChI=1S/C21H23F2N3O4S/c1-25(19(20(24)27)14-4-2-6-17(23)12-14)21(28)15-5-3-11-26(13-15)31(29,30)18-9-7-16(22)8-10-18/h2,4,6-10,12,15,19H,3,5,11,13H2,1H3,(H2,24,27). The fourth-order valence-electron chi connectivity index (χ4n) is 3.79. The first-order valence-electron chi connectivity index (χ1n) is 9.68. The molecule has 0 saturated carbocycles. The molecular weight excluding hydrogens is 428 g/mol. The van der Waals surface area contributed by atoms with Gasteiger partial charge in [-0.05, 0) is 54.8 Å². The van der Waals surface area contributed by atoms with E-state index in [9.17, 15) is 26.8 Å². The Morgan fingerprint density at radius 2 is 1.81 bits per heavy atom. The fraction of sp³-hybridized carbons (Fsp3) is 0.333. The first-order chi connectivity index (χ1) is 14.6. The summed E-state index contributed by atoms with van der Waals surface area (Å²) in [6.45, 7) is 0.133. The lowest BCUT2D eigenvalue weighted by Gasteiger charge is -2.35. The van der Waals surface area contributed by atoms with Gasteiger partial charge >= 0.3 is 0 Å². The number of sulfonamides is 1. The molecule has 1 fully saturated rings. The Balaban J connectivity index is 1.81. The van der Waals surface area contributed by atoms with E-state index in [2.05, 4.69) is 0 Å². The van der Waals surface area contributed by atoms with Crippen LogP contribution in [0, 0.1) is 17.6 Å². The maximum atomic E-state index is 13.6. The van der Waals surface area contributed by atoms with Crippen molar-refractivity contribution in [1.82, 2.24) is 9.21 Å². The van der Waals surface area contributed by atoms with Crippen molar-refractivity contribution in [3.8, 4) is 0 Å². The number of carbonyl (C=O) groups is 2. The molecule has 0 spiro atoms. The van der Waals surface area contributed by atoms with E-state index in [1.54, 1.807) is 0 Å². The van der Waals surface area contributed by atoms with Crippen LogP contribution in [-0.4, -0.2) is 49.6 Å². The number of piperidine rings is 1. The molecule has 2 unspecified atom stereocenters. The van der Waals surface area contributed by atoms with Gasteiger partial charge in [0.2, 0.25) is 21.8 Å². The van der Waals surface area contributed by atoms with E-state index in [1.807, 2.05) is 0 Å². The predicted octanol–water partition coefficient (Wildman–Crippen LogP) is 2.05. The highest BCUT2D eigenvalue weighted by atomic mass is 32.2. The third kappa shape index (κ3) is 4.91. The molecule has 0 aliphatic carbocycles. The smallest absolute Gasteiger partial charge is 0.244 e. The molecule has 166 valence electrons. The van der Waals surface area contributed by atoms with E-state index in [0.29, 0.717) is 12.8 Å². The number of nitrogens with two attached hydrogens (primary N) is 1. The molecule has 1 saturated heterocycles. The van der Waals surface area contributed by atoms with Crippen LogP contribution in [0.15, 0.2) is 53.4 Å². The molecule has 2 amide bonds. The Labute approximate surface area is 179 Å². The Morgan fingerprint density at radius 3 is 2.42 bits per heavy atom. The number of hydrogen-bond donors (Lipinski definition) is 1. The summed E-state index contributed by atoms with van der Waals surface area (Å²) in [4.78, 5) is 26.2. The van der Waals surface area contributed by atoms with Crippen molar-refractivity contribution in [2.75, 3.05) is 20.1 Å². The van der Waals surface area contributed by atoms with Crippen LogP contribution in [-0.2, 0) is 19.6 Å². The van der Waals surface area contributed by atoms with Crippen LogP contribution < -0.4 is 5.73 Å². The average Bonchev–Trinajstić information content (AvgIpc) is 2.73. The third-order valence-corrected chi connectivity index (χ3v) is 7.23. The number of halogens is 2. The molecule has 10 heteroatoms. The molecule has 7 nitrogen and oxygen atoms in total. The van der Waals surface area contributed by atoms with Gasteiger partial charge in [-0.2, -0.15) is 4.31 Å². The number of amides is 2. The minimum atomic E-state index is -3.91. The highest BCUT2D eigenvalue weighted by Gasteiger charge is 2.37. The van der Waals surface area contributed by atoms with Crippen LogP contribution in [0.2, 0.25) is 0 Å². The van der Waals surface area contributed by atoms with Crippen LogP contribution in [0.1, 0.15) is 24.4 Å². The number of likely N-dealkylation sites (N-methyl/N-ethyl adjacent to an activating group) is 1. The van der Waals surface area contributed by atoms with Crippen molar-refractivity contribution in [1.29, 1.82) is 0 Å². The van der Waals surface area contributed by atoms with Crippen molar-refractivity contribution >= 4 is 21.8 Å². The number of rotatable bonds is 6. The summed E-state index contributed by atoms with van der Waals surface area (Å²) in [5, 5.41) is 0. The molecule has 2 N–H and O–H groups in total. The van der Waals surface area contributed by atoms with Gasteiger partial charge in [-0.3, -0.25) is 9.59 Å². The van der Waals surface area contributed by atoms with Crippen LogP contribution >= 0.6 is 0 Å². The van der Waals surface area contributed by atoms with Gasteiger partial charge in [-0.15, -0.1) is 0 Å². The van der Waals surface area contributed by atoms with Gasteiger partial charge in [-0.25, -0.2) is 17.2 Å². The van der Waals surface area contributed by atoms with Gasteiger partial charge in [0.1, 0.15) is 17.7 Å². The molecule has 0 aromatic heterocycles. The lowest BCUT2D eigenvalue weighted by molar-refractivity contribution is -0.142. The van der Waals surface area contributed by atoms with Crippen molar-refractivity contribution in [3.63, 3.8) is 0 Å². The summed E-state index contributed by atoms with van der Waals surface area (Å²) < 4.78 is 53.8. The number of primary amides is 1. The van der Waals surface area contributed by atoms with E-state index >= 15 is 0 Å². The lowest BCUT2D eigenvalue weighted by atomic mass is 9.96. The van der Waals surface area contributed by atoms with E-state index in [0.717, 1.165) is 23.1 Å². The highest BCUT2D eigenvalue weighted by molar-refractivity contribution is 7.89. The number of hydrogen-bond acceptors (Lipinski definition) is 4. The van der Waals surface area contributed by atoms with E-state index in [1.165, 1.54) is 41.7 Å². The maximum absolute atomic E-state index is 13.6. The molecule has 0 bridgehead atoms. The van der Waals surface area contributed by atoms with Gasteiger partial charge in [0.25, 0.3) is 0 Å². The second-order valence-corrected chi connectivity index (χ2v) is 9.40. The number of benzene rings is 2. The van der Waals surface area contributed by atoms with Gasteiger partial charge in [0, 0.05) is 20.1 Å². The van der Waals surface area contributed by atoms with Gasteiger partial charge in [0.05, 0.1) is 10.8 Å². The first-order valence-corrected chi connectivity index (χ1v) is 11.1. The lowest BCUT2D eigenvalue weighted by Crippen LogP contribution is -2.48.